The van der Waals surface area contributed by atoms with Crippen molar-refractivity contribution < 1.29 is 4.74 Å². The van der Waals surface area contributed by atoms with Crippen molar-refractivity contribution in [2.45, 2.75) is 12.8 Å². The number of nitrogens with two attached hydrogens (primary N) is 1. The highest BCUT2D eigenvalue weighted by Gasteiger charge is 2.32. The van der Waals surface area contributed by atoms with Crippen LogP contribution in [0, 0.1) is 18.3 Å². The van der Waals surface area contributed by atoms with Crippen LogP contribution in [0.3, 0.4) is 0 Å². The zero-order valence-corrected chi connectivity index (χ0v) is 13.0. The number of hydrogen-bond acceptors (Lipinski definition) is 5. The Balaban J connectivity index is 2.03. The van der Waals surface area contributed by atoms with Crippen molar-refractivity contribution in [2.24, 2.45) is 5.73 Å². The Labute approximate surface area is 139 Å². The maximum atomic E-state index is 9.58. The van der Waals surface area contributed by atoms with Gasteiger partial charge in [0.25, 0.3) is 0 Å². The predicted octanol–water partition coefficient (Wildman–Crippen LogP) is 3.16. The van der Waals surface area contributed by atoms with Gasteiger partial charge in [0.2, 0.25) is 5.88 Å². The fourth-order valence-corrected chi connectivity index (χ4v) is 3.09. The number of rotatable bonds is 1. The summed E-state index contributed by atoms with van der Waals surface area (Å²) in [5.41, 5.74) is 9.94. The number of aryl methyl sites for hydroxylation is 1. The molecule has 2 N–H and O–H groups in total. The lowest BCUT2D eigenvalue weighted by atomic mass is 9.83. The number of pyridine rings is 2. The SMILES string of the molecule is Cc1ccc2ccc3c(c2n1)OC(N)=C(C#N)[C@H]3c1ccncc1. The molecular weight excluding hydrogens is 300 g/mol. The molecule has 0 amide bonds. The topological polar surface area (TPSA) is 84.8 Å². The van der Waals surface area contributed by atoms with Gasteiger partial charge in [-0.15, -0.1) is 0 Å². The van der Waals surface area contributed by atoms with Gasteiger partial charge >= 0.3 is 0 Å². The summed E-state index contributed by atoms with van der Waals surface area (Å²) in [5.74, 6) is 0.464. The van der Waals surface area contributed by atoms with Crippen LogP contribution in [0.25, 0.3) is 10.9 Å². The van der Waals surface area contributed by atoms with E-state index in [1.54, 1.807) is 12.4 Å². The largest absolute Gasteiger partial charge is 0.438 e. The average molecular weight is 314 g/mol. The summed E-state index contributed by atoms with van der Waals surface area (Å²) in [7, 11) is 0. The standard InChI is InChI=1S/C19H14N4O/c1-11-2-3-13-4-5-14-16(12-6-8-22-9-7-12)15(10-20)19(21)24-18(14)17(13)23-11/h2-9,16H,21H2,1H3/t16-/m0/s1. The average Bonchev–Trinajstić information content (AvgIpc) is 2.61. The van der Waals surface area contributed by atoms with E-state index in [2.05, 4.69) is 16.0 Å². The summed E-state index contributed by atoms with van der Waals surface area (Å²) in [5, 5.41) is 10.6. The van der Waals surface area contributed by atoms with Gasteiger partial charge in [0, 0.05) is 29.0 Å². The first-order chi connectivity index (χ1) is 11.7. The first-order valence-corrected chi connectivity index (χ1v) is 7.57. The number of allylic oxidation sites excluding steroid dienone is 1. The van der Waals surface area contributed by atoms with Gasteiger partial charge in [-0.2, -0.15) is 5.26 Å². The number of ether oxygens (including phenoxy) is 1. The minimum absolute atomic E-state index is 0.127. The molecule has 1 aromatic carbocycles. The van der Waals surface area contributed by atoms with Crippen molar-refractivity contribution in [1.29, 1.82) is 5.26 Å². The highest BCUT2D eigenvalue weighted by atomic mass is 16.5. The van der Waals surface area contributed by atoms with Crippen molar-refractivity contribution in [2.75, 3.05) is 0 Å². The van der Waals surface area contributed by atoms with Gasteiger partial charge in [0.1, 0.15) is 17.2 Å². The van der Waals surface area contributed by atoms with E-state index in [0.29, 0.717) is 11.3 Å². The normalized spacial score (nSPS) is 16.4. The number of benzene rings is 1. The zero-order valence-electron chi connectivity index (χ0n) is 13.0. The van der Waals surface area contributed by atoms with Crippen LogP contribution < -0.4 is 10.5 Å². The van der Waals surface area contributed by atoms with E-state index in [9.17, 15) is 5.26 Å². The maximum absolute atomic E-state index is 9.58. The lowest BCUT2D eigenvalue weighted by Gasteiger charge is -2.27. The van der Waals surface area contributed by atoms with Crippen molar-refractivity contribution in [1.82, 2.24) is 9.97 Å². The van der Waals surface area contributed by atoms with Crippen LogP contribution in [-0.2, 0) is 0 Å². The third-order valence-electron chi connectivity index (χ3n) is 4.22. The molecule has 3 aromatic rings. The summed E-state index contributed by atoms with van der Waals surface area (Å²) in [6.07, 6.45) is 3.41. The van der Waals surface area contributed by atoms with E-state index in [-0.39, 0.29) is 11.8 Å². The van der Waals surface area contributed by atoms with Crippen molar-refractivity contribution in [3.63, 3.8) is 0 Å². The van der Waals surface area contributed by atoms with Crippen LogP contribution in [0.2, 0.25) is 0 Å². The Morgan fingerprint density at radius 1 is 1.12 bits per heavy atom. The molecule has 2 aromatic heterocycles. The number of fused-ring (bicyclic) bond motifs is 3. The van der Waals surface area contributed by atoms with Gasteiger partial charge in [-0.3, -0.25) is 4.98 Å². The van der Waals surface area contributed by atoms with Crippen LogP contribution in [0.5, 0.6) is 5.75 Å². The summed E-state index contributed by atoms with van der Waals surface area (Å²) in [6.45, 7) is 1.93. The fourth-order valence-electron chi connectivity index (χ4n) is 3.09. The van der Waals surface area contributed by atoms with Gasteiger partial charge in [-0.05, 0) is 30.7 Å². The molecule has 0 saturated carbocycles. The molecule has 0 saturated heterocycles. The predicted molar refractivity (Wildman–Crippen MR) is 90.0 cm³/mol. The monoisotopic (exact) mass is 314 g/mol. The number of nitriles is 1. The molecule has 0 aliphatic carbocycles. The molecule has 4 rings (SSSR count). The number of nitrogens with zero attached hydrogens (tertiary/aromatic N) is 3. The molecule has 5 nitrogen and oxygen atoms in total. The van der Waals surface area contributed by atoms with Crippen LogP contribution in [0.4, 0.5) is 0 Å². The summed E-state index contributed by atoms with van der Waals surface area (Å²) in [4.78, 5) is 8.66. The third-order valence-corrected chi connectivity index (χ3v) is 4.22. The molecule has 0 unspecified atom stereocenters. The van der Waals surface area contributed by atoms with Crippen LogP contribution in [0.15, 0.2) is 60.2 Å². The fraction of sp³-hybridized carbons (Fsp3) is 0.105. The molecule has 5 heteroatoms. The van der Waals surface area contributed by atoms with E-state index in [1.807, 2.05) is 43.3 Å². The summed E-state index contributed by atoms with van der Waals surface area (Å²) in [6, 6.07) is 13.9. The summed E-state index contributed by atoms with van der Waals surface area (Å²) >= 11 is 0. The molecule has 0 spiro atoms. The lowest BCUT2D eigenvalue weighted by molar-refractivity contribution is 0.397. The molecule has 1 atom stereocenters. The van der Waals surface area contributed by atoms with E-state index in [0.717, 1.165) is 27.7 Å². The first kappa shape index (κ1) is 14.2. The molecule has 24 heavy (non-hydrogen) atoms. The third kappa shape index (κ3) is 2.09. The lowest BCUT2D eigenvalue weighted by Crippen LogP contribution is -2.21. The minimum atomic E-state index is -0.284. The van der Waals surface area contributed by atoms with E-state index in [1.165, 1.54) is 0 Å². The number of hydrogen-bond donors (Lipinski definition) is 1. The summed E-state index contributed by atoms with van der Waals surface area (Å²) < 4.78 is 5.81. The van der Waals surface area contributed by atoms with E-state index >= 15 is 0 Å². The first-order valence-electron chi connectivity index (χ1n) is 7.57. The molecule has 0 bridgehead atoms. The van der Waals surface area contributed by atoms with Gasteiger partial charge in [0.15, 0.2) is 5.75 Å². The van der Waals surface area contributed by atoms with Crippen LogP contribution >= 0.6 is 0 Å². The highest BCUT2D eigenvalue weighted by molar-refractivity contribution is 5.87. The maximum Gasteiger partial charge on any atom is 0.205 e. The van der Waals surface area contributed by atoms with Crippen molar-refractivity contribution in [3.8, 4) is 11.8 Å². The smallest absolute Gasteiger partial charge is 0.205 e. The molecule has 0 radical (unpaired) electrons. The van der Waals surface area contributed by atoms with Gasteiger partial charge in [-0.25, -0.2) is 4.98 Å². The second-order valence-corrected chi connectivity index (χ2v) is 5.71. The Morgan fingerprint density at radius 2 is 1.88 bits per heavy atom. The Hall–Kier alpha value is -3.39. The van der Waals surface area contributed by atoms with E-state index in [4.69, 9.17) is 10.5 Å². The van der Waals surface area contributed by atoms with Crippen molar-refractivity contribution >= 4 is 10.9 Å². The molecular formula is C19H14N4O. The minimum Gasteiger partial charge on any atom is -0.438 e. The quantitative estimate of drug-likeness (QED) is 0.745. The Kier molecular flexibility index (Phi) is 3.17. The second kappa shape index (κ2) is 5.36. The van der Waals surface area contributed by atoms with E-state index < -0.39 is 0 Å². The van der Waals surface area contributed by atoms with Crippen molar-refractivity contribution in [3.05, 3.63) is 77.1 Å². The second-order valence-electron chi connectivity index (χ2n) is 5.71. The molecule has 1 aliphatic rings. The van der Waals surface area contributed by atoms with Gasteiger partial charge in [-0.1, -0.05) is 18.2 Å². The van der Waals surface area contributed by atoms with Gasteiger partial charge in [0.05, 0.1) is 5.92 Å². The molecule has 0 fully saturated rings. The molecule has 116 valence electrons. The zero-order chi connectivity index (χ0) is 16.7. The number of aromatic nitrogens is 2. The van der Waals surface area contributed by atoms with Gasteiger partial charge < -0.3 is 10.5 Å². The Bertz CT molecular complexity index is 1020. The van der Waals surface area contributed by atoms with Crippen LogP contribution in [0.1, 0.15) is 22.7 Å². The highest BCUT2D eigenvalue weighted by Crippen LogP contribution is 2.44. The Morgan fingerprint density at radius 3 is 2.62 bits per heavy atom. The van der Waals surface area contributed by atoms with Crippen LogP contribution in [-0.4, -0.2) is 9.97 Å². The molecule has 1 aliphatic heterocycles. The molecule has 3 heterocycles.